The van der Waals surface area contributed by atoms with Crippen molar-refractivity contribution in [2.45, 2.75) is 11.7 Å². The van der Waals surface area contributed by atoms with Gasteiger partial charge in [0.1, 0.15) is 0 Å². The van der Waals surface area contributed by atoms with Gasteiger partial charge in [0.15, 0.2) is 5.82 Å². The van der Waals surface area contributed by atoms with Crippen molar-refractivity contribution in [1.29, 1.82) is 0 Å². The van der Waals surface area contributed by atoms with Crippen LogP contribution in [0.4, 0.5) is 0 Å². The molecule has 0 aliphatic carbocycles. The van der Waals surface area contributed by atoms with E-state index in [1.807, 2.05) is 24.3 Å². The molecule has 0 saturated carbocycles. The molecule has 5 nitrogen and oxygen atoms in total. The molecule has 1 aliphatic heterocycles. The van der Waals surface area contributed by atoms with Crippen LogP contribution in [0.5, 0.6) is 0 Å². The van der Waals surface area contributed by atoms with Crippen LogP contribution in [0, 0.1) is 0 Å². The second kappa shape index (κ2) is 4.83. The van der Waals surface area contributed by atoms with Crippen molar-refractivity contribution in [3.63, 3.8) is 0 Å². The van der Waals surface area contributed by atoms with Crippen LogP contribution in [0.2, 0.25) is 0 Å². The van der Waals surface area contributed by atoms with Crippen molar-refractivity contribution >= 4 is 33.4 Å². The van der Waals surface area contributed by atoms with Crippen LogP contribution in [-0.2, 0) is 6.54 Å². The first kappa shape index (κ1) is 11.9. The summed E-state index contributed by atoms with van der Waals surface area (Å²) in [6.45, 7) is 0.338. The standard InChI is InChI=1S/C11H10BrN5S/c12-8-3-1-7(2-4-8)9-6-18-11-15-14-10(5-13)17(11)16-9/h1-4H,5-6,13H2. The van der Waals surface area contributed by atoms with Gasteiger partial charge in [-0.15, -0.1) is 10.2 Å². The van der Waals surface area contributed by atoms with Gasteiger partial charge in [-0.25, -0.2) is 0 Å². The molecule has 1 aromatic heterocycles. The number of aromatic nitrogens is 3. The van der Waals surface area contributed by atoms with Gasteiger partial charge in [0.2, 0.25) is 5.16 Å². The minimum absolute atomic E-state index is 0.338. The summed E-state index contributed by atoms with van der Waals surface area (Å²) in [5.41, 5.74) is 7.73. The van der Waals surface area contributed by atoms with Crippen LogP contribution in [0.1, 0.15) is 11.4 Å². The van der Waals surface area contributed by atoms with Gasteiger partial charge in [0, 0.05) is 10.2 Å². The Morgan fingerprint density at radius 3 is 2.78 bits per heavy atom. The predicted octanol–water partition coefficient (Wildman–Crippen LogP) is 1.86. The van der Waals surface area contributed by atoms with Gasteiger partial charge < -0.3 is 5.73 Å². The van der Waals surface area contributed by atoms with Crippen molar-refractivity contribution in [1.82, 2.24) is 14.9 Å². The van der Waals surface area contributed by atoms with Crippen molar-refractivity contribution in [3.8, 4) is 0 Å². The highest BCUT2D eigenvalue weighted by Gasteiger charge is 2.18. The van der Waals surface area contributed by atoms with E-state index in [4.69, 9.17) is 5.73 Å². The number of rotatable bonds is 2. The average Bonchev–Trinajstić information content (AvgIpc) is 2.81. The first-order valence-corrected chi connectivity index (χ1v) is 7.17. The number of nitrogens with zero attached hydrogens (tertiary/aromatic N) is 4. The Hall–Kier alpha value is -1.18. The van der Waals surface area contributed by atoms with E-state index in [0.717, 1.165) is 26.7 Å². The van der Waals surface area contributed by atoms with Gasteiger partial charge in [0.05, 0.1) is 12.3 Å². The van der Waals surface area contributed by atoms with Gasteiger partial charge >= 0.3 is 0 Å². The molecule has 0 fully saturated rings. The molecule has 0 saturated heterocycles. The van der Waals surface area contributed by atoms with Crippen molar-refractivity contribution < 1.29 is 0 Å². The Kier molecular flexibility index (Phi) is 3.19. The summed E-state index contributed by atoms with van der Waals surface area (Å²) in [4.78, 5) is 0. The third kappa shape index (κ3) is 2.09. The topological polar surface area (TPSA) is 69.1 Å². The molecule has 7 heteroatoms. The maximum atomic E-state index is 5.61. The van der Waals surface area contributed by atoms with E-state index in [-0.39, 0.29) is 0 Å². The number of hydrogen-bond donors (Lipinski definition) is 1. The minimum Gasteiger partial charge on any atom is -0.324 e. The SMILES string of the molecule is NCc1nnc2n1N=C(c1ccc(Br)cc1)CS2. The molecule has 0 bridgehead atoms. The lowest BCUT2D eigenvalue weighted by molar-refractivity contribution is 0.708. The second-order valence-electron chi connectivity index (χ2n) is 3.76. The highest BCUT2D eigenvalue weighted by Crippen LogP contribution is 2.24. The zero-order valence-corrected chi connectivity index (χ0v) is 11.8. The van der Waals surface area contributed by atoms with Crippen LogP contribution in [0.15, 0.2) is 39.0 Å². The van der Waals surface area contributed by atoms with E-state index < -0.39 is 0 Å². The fraction of sp³-hybridized carbons (Fsp3) is 0.182. The third-order valence-corrected chi connectivity index (χ3v) is 4.05. The molecule has 0 amide bonds. The molecular weight excluding hydrogens is 314 g/mol. The molecule has 2 N–H and O–H groups in total. The molecule has 0 atom stereocenters. The molecule has 0 unspecified atom stereocenters. The van der Waals surface area contributed by atoms with E-state index in [0.29, 0.717) is 12.4 Å². The maximum Gasteiger partial charge on any atom is 0.212 e. The Morgan fingerprint density at radius 1 is 1.28 bits per heavy atom. The highest BCUT2D eigenvalue weighted by atomic mass is 79.9. The zero-order valence-electron chi connectivity index (χ0n) is 9.38. The van der Waals surface area contributed by atoms with Crippen LogP contribution in [-0.4, -0.2) is 26.3 Å². The fourth-order valence-corrected chi connectivity index (χ4v) is 2.80. The van der Waals surface area contributed by atoms with Gasteiger partial charge in [-0.1, -0.05) is 39.8 Å². The molecule has 2 aromatic rings. The van der Waals surface area contributed by atoms with Gasteiger partial charge in [-0.2, -0.15) is 9.78 Å². The van der Waals surface area contributed by atoms with Gasteiger partial charge in [-0.3, -0.25) is 0 Å². The largest absolute Gasteiger partial charge is 0.324 e. The zero-order chi connectivity index (χ0) is 12.5. The monoisotopic (exact) mass is 323 g/mol. The molecule has 2 heterocycles. The van der Waals surface area contributed by atoms with E-state index >= 15 is 0 Å². The first-order chi connectivity index (χ1) is 8.78. The van der Waals surface area contributed by atoms with Gasteiger partial charge in [0.25, 0.3) is 0 Å². The molecule has 0 radical (unpaired) electrons. The van der Waals surface area contributed by atoms with E-state index in [1.165, 1.54) is 0 Å². The lowest BCUT2D eigenvalue weighted by atomic mass is 10.1. The molecular formula is C11H10BrN5S. The van der Waals surface area contributed by atoms with Crippen molar-refractivity contribution in [2.24, 2.45) is 10.8 Å². The van der Waals surface area contributed by atoms with Crippen LogP contribution < -0.4 is 5.73 Å². The molecule has 92 valence electrons. The summed E-state index contributed by atoms with van der Waals surface area (Å²) in [5, 5.41) is 13.4. The molecule has 3 rings (SSSR count). The minimum atomic E-state index is 0.338. The van der Waals surface area contributed by atoms with E-state index in [9.17, 15) is 0 Å². The summed E-state index contributed by atoms with van der Waals surface area (Å²) in [6.07, 6.45) is 0. The fourth-order valence-electron chi connectivity index (χ4n) is 1.68. The summed E-state index contributed by atoms with van der Waals surface area (Å²) >= 11 is 5.05. The number of thioether (sulfide) groups is 1. The summed E-state index contributed by atoms with van der Waals surface area (Å²) in [5.74, 6) is 1.48. The molecule has 1 aromatic carbocycles. The highest BCUT2D eigenvalue weighted by molar-refractivity contribution is 9.10. The lowest BCUT2D eigenvalue weighted by Gasteiger charge is -2.13. The number of halogens is 1. The van der Waals surface area contributed by atoms with Crippen molar-refractivity contribution in [3.05, 3.63) is 40.1 Å². The van der Waals surface area contributed by atoms with Crippen LogP contribution >= 0.6 is 27.7 Å². The number of benzene rings is 1. The summed E-state index contributed by atoms with van der Waals surface area (Å²) in [6, 6.07) is 8.10. The number of nitrogens with two attached hydrogens (primary N) is 1. The normalized spacial score (nSPS) is 14.2. The quantitative estimate of drug-likeness (QED) is 0.915. The van der Waals surface area contributed by atoms with Crippen LogP contribution in [0.25, 0.3) is 0 Å². The Bertz CT molecular complexity index is 604. The predicted molar refractivity (Wildman–Crippen MR) is 74.7 cm³/mol. The Morgan fingerprint density at radius 2 is 2.06 bits per heavy atom. The number of fused-ring (bicyclic) bond motifs is 1. The van der Waals surface area contributed by atoms with Crippen LogP contribution in [0.3, 0.4) is 0 Å². The smallest absolute Gasteiger partial charge is 0.212 e. The van der Waals surface area contributed by atoms with E-state index in [2.05, 4.69) is 31.2 Å². The average molecular weight is 324 g/mol. The first-order valence-electron chi connectivity index (χ1n) is 5.39. The van der Waals surface area contributed by atoms with Crippen molar-refractivity contribution in [2.75, 3.05) is 5.75 Å². The van der Waals surface area contributed by atoms with Gasteiger partial charge in [-0.05, 0) is 17.7 Å². The molecule has 0 spiro atoms. The third-order valence-electron chi connectivity index (χ3n) is 2.60. The summed E-state index contributed by atoms with van der Waals surface area (Å²) < 4.78 is 2.79. The lowest BCUT2D eigenvalue weighted by Crippen LogP contribution is -2.15. The van der Waals surface area contributed by atoms with E-state index in [1.54, 1.807) is 16.4 Å². The molecule has 18 heavy (non-hydrogen) atoms. The Labute approximate surface area is 117 Å². The molecule has 1 aliphatic rings. The number of hydrogen-bond acceptors (Lipinski definition) is 5. The second-order valence-corrected chi connectivity index (χ2v) is 5.62. The summed E-state index contributed by atoms with van der Waals surface area (Å²) in [7, 11) is 0. The Balaban J connectivity index is 2.02. The maximum absolute atomic E-state index is 5.61.